The molecule has 0 unspecified atom stereocenters. The number of aryl methyl sites for hydroxylation is 1. The largest absolute Gasteiger partial charge is 0.351 e. The van der Waals surface area contributed by atoms with Crippen molar-refractivity contribution in [1.29, 1.82) is 0 Å². The predicted octanol–water partition coefficient (Wildman–Crippen LogP) is 4.56. The van der Waals surface area contributed by atoms with E-state index in [1.54, 1.807) is 24.3 Å². The van der Waals surface area contributed by atoms with Gasteiger partial charge in [0.05, 0.1) is 25.6 Å². The summed E-state index contributed by atoms with van der Waals surface area (Å²) in [5.41, 5.74) is 7.01. The summed E-state index contributed by atoms with van der Waals surface area (Å²) in [6.07, 6.45) is 6.96. The number of urea groups is 1. The van der Waals surface area contributed by atoms with Crippen LogP contribution in [0.1, 0.15) is 12.0 Å². The number of imidazole rings is 1. The molecule has 9 heteroatoms. The van der Waals surface area contributed by atoms with E-state index in [1.165, 1.54) is 5.56 Å². The summed E-state index contributed by atoms with van der Waals surface area (Å²) in [6.45, 7) is 1.11. The number of nitrogens with two attached hydrogens (primary N) is 1. The summed E-state index contributed by atoms with van der Waals surface area (Å²) >= 11 is 7.70. The molecule has 2 heterocycles. The van der Waals surface area contributed by atoms with Gasteiger partial charge in [0.15, 0.2) is 5.79 Å². The fraction of sp³-hybridized carbons (Fsp3) is 0.304. The van der Waals surface area contributed by atoms with E-state index in [-0.39, 0.29) is 6.10 Å². The molecular weight excluding hydrogens is 448 g/mol. The molecule has 3 N–H and O–H groups in total. The van der Waals surface area contributed by atoms with Gasteiger partial charge in [-0.25, -0.2) is 9.78 Å². The maximum Gasteiger partial charge on any atom is 0.316 e. The molecule has 0 aliphatic carbocycles. The first-order valence-corrected chi connectivity index (χ1v) is 11.7. The lowest BCUT2D eigenvalue weighted by atomic mass is 10.0. The maximum atomic E-state index is 11.0. The lowest BCUT2D eigenvalue weighted by Gasteiger charge is -2.28. The van der Waals surface area contributed by atoms with Crippen LogP contribution in [0, 0.1) is 0 Å². The number of carbonyl (C=O) groups is 1. The van der Waals surface area contributed by atoms with Gasteiger partial charge in [-0.3, -0.25) is 0 Å². The van der Waals surface area contributed by atoms with Crippen molar-refractivity contribution in [3.63, 3.8) is 0 Å². The second-order valence-electron chi connectivity index (χ2n) is 7.65. The van der Waals surface area contributed by atoms with Crippen LogP contribution in [-0.2, 0) is 22.4 Å². The van der Waals surface area contributed by atoms with Crippen molar-refractivity contribution in [3.8, 4) is 0 Å². The van der Waals surface area contributed by atoms with Gasteiger partial charge >= 0.3 is 6.03 Å². The average Bonchev–Trinajstić information content (AvgIpc) is 3.43. The quantitative estimate of drug-likeness (QED) is 0.445. The number of carbonyl (C=O) groups excluding carboxylic acids is 1. The number of aromatic nitrogens is 2. The molecule has 2 aromatic carbocycles. The topological polar surface area (TPSA) is 91.4 Å². The first-order valence-electron chi connectivity index (χ1n) is 10.3. The number of primary amides is 1. The minimum absolute atomic E-state index is 0.0304. The highest BCUT2D eigenvalue weighted by Crippen LogP contribution is 2.33. The molecule has 0 spiro atoms. The van der Waals surface area contributed by atoms with E-state index >= 15 is 0 Å². The van der Waals surface area contributed by atoms with Crippen molar-refractivity contribution in [2.24, 2.45) is 5.73 Å². The van der Waals surface area contributed by atoms with Crippen molar-refractivity contribution in [3.05, 3.63) is 77.8 Å². The van der Waals surface area contributed by atoms with Crippen molar-refractivity contribution < 1.29 is 14.3 Å². The van der Waals surface area contributed by atoms with Gasteiger partial charge in [-0.1, -0.05) is 23.7 Å². The van der Waals surface area contributed by atoms with E-state index in [2.05, 4.69) is 10.3 Å². The van der Waals surface area contributed by atoms with Crippen molar-refractivity contribution >= 4 is 35.1 Å². The van der Waals surface area contributed by atoms with Gasteiger partial charge in [0.1, 0.15) is 0 Å². The molecule has 1 saturated heterocycles. The molecule has 1 aliphatic rings. The van der Waals surface area contributed by atoms with Gasteiger partial charge in [-0.15, -0.1) is 11.8 Å². The number of hydrogen-bond acceptors (Lipinski definition) is 5. The maximum absolute atomic E-state index is 11.0. The first kappa shape index (κ1) is 22.7. The zero-order chi connectivity index (χ0) is 22.4. The molecule has 2 amide bonds. The molecule has 168 valence electrons. The monoisotopic (exact) mass is 472 g/mol. The molecule has 1 aliphatic heterocycles. The molecule has 3 aromatic rings. The standard InChI is InChI=1S/C23H25ClN4O3S/c24-18-3-1-17(2-4-18)9-10-23(15-28-12-11-26-16-28)30-13-20(31-23)14-32-21-7-5-19(6-8-21)27-22(25)29/h1-8,11-12,16,20H,9-10,13-15H2,(H3,25,27,29)/t20-,23-/m0/s1. The summed E-state index contributed by atoms with van der Waals surface area (Å²) in [4.78, 5) is 16.2. The van der Waals surface area contributed by atoms with Crippen LogP contribution in [0.15, 0.2) is 72.1 Å². The van der Waals surface area contributed by atoms with Gasteiger partial charge in [0.2, 0.25) is 0 Å². The van der Waals surface area contributed by atoms with Crippen LogP contribution in [-0.4, -0.2) is 39.8 Å². The van der Waals surface area contributed by atoms with E-state index in [0.29, 0.717) is 18.8 Å². The van der Waals surface area contributed by atoms with Crippen LogP contribution < -0.4 is 11.1 Å². The van der Waals surface area contributed by atoms with E-state index in [9.17, 15) is 4.79 Å². The van der Waals surface area contributed by atoms with Gasteiger partial charge in [0, 0.05) is 40.2 Å². The Kier molecular flexibility index (Phi) is 7.36. The highest BCUT2D eigenvalue weighted by atomic mass is 35.5. The van der Waals surface area contributed by atoms with Crippen LogP contribution in [0.2, 0.25) is 5.02 Å². The number of anilines is 1. The van der Waals surface area contributed by atoms with E-state index < -0.39 is 11.8 Å². The third kappa shape index (κ3) is 6.26. The van der Waals surface area contributed by atoms with Gasteiger partial charge in [-0.05, 0) is 48.4 Å². The molecule has 4 rings (SSSR count). The smallest absolute Gasteiger partial charge is 0.316 e. The Morgan fingerprint density at radius 1 is 1.25 bits per heavy atom. The number of halogens is 1. The zero-order valence-electron chi connectivity index (χ0n) is 17.4. The molecule has 32 heavy (non-hydrogen) atoms. The predicted molar refractivity (Wildman–Crippen MR) is 126 cm³/mol. The minimum atomic E-state index is -0.708. The third-order valence-electron chi connectivity index (χ3n) is 5.16. The molecular formula is C23H25ClN4O3S. The van der Waals surface area contributed by atoms with Crippen LogP contribution in [0.25, 0.3) is 0 Å². The number of hydrogen-bond donors (Lipinski definition) is 2. The Morgan fingerprint density at radius 3 is 2.72 bits per heavy atom. The minimum Gasteiger partial charge on any atom is -0.351 e. The van der Waals surface area contributed by atoms with Crippen molar-refractivity contribution in [2.45, 2.75) is 36.2 Å². The Hall–Kier alpha value is -2.52. The fourth-order valence-corrected chi connectivity index (χ4v) is 4.60. The lowest BCUT2D eigenvalue weighted by molar-refractivity contribution is -0.180. The number of nitrogens with zero attached hydrogens (tertiary/aromatic N) is 2. The SMILES string of the molecule is NC(=O)Nc1ccc(SC[C@@H]2CO[C@](CCc3ccc(Cl)cc3)(Cn3ccnc3)O2)cc1. The van der Waals surface area contributed by atoms with Crippen LogP contribution in [0.4, 0.5) is 10.5 Å². The lowest BCUT2D eigenvalue weighted by Crippen LogP contribution is -2.37. The summed E-state index contributed by atoms with van der Waals surface area (Å²) < 4.78 is 14.7. The Balaban J connectivity index is 1.36. The van der Waals surface area contributed by atoms with Crippen molar-refractivity contribution in [1.82, 2.24) is 9.55 Å². The van der Waals surface area contributed by atoms with Gasteiger partial charge < -0.3 is 25.1 Å². The van der Waals surface area contributed by atoms with E-state index in [1.807, 2.05) is 59.3 Å². The van der Waals surface area contributed by atoms with E-state index in [0.717, 1.165) is 28.5 Å². The van der Waals surface area contributed by atoms with Crippen LogP contribution in [0.5, 0.6) is 0 Å². The zero-order valence-corrected chi connectivity index (χ0v) is 19.0. The molecule has 1 fully saturated rings. The van der Waals surface area contributed by atoms with Crippen LogP contribution in [0.3, 0.4) is 0 Å². The number of nitrogens with one attached hydrogen (secondary N) is 1. The number of rotatable bonds is 9. The fourth-order valence-electron chi connectivity index (χ4n) is 3.60. The van der Waals surface area contributed by atoms with Gasteiger partial charge in [0.25, 0.3) is 0 Å². The Labute approximate surface area is 196 Å². The van der Waals surface area contributed by atoms with Crippen LogP contribution >= 0.6 is 23.4 Å². The summed E-state index contributed by atoms with van der Waals surface area (Å²) in [5.74, 6) is 0.0516. The Bertz CT molecular complexity index is 1010. The Morgan fingerprint density at radius 2 is 2.03 bits per heavy atom. The molecule has 2 atom stereocenters. The molecule has 1 aromatic heterocycles. The van der Waals surface area contributed by atoms with E-state index in [4.69, 9.17) is 26.8 Å². The molecule has 0 radical (unpaired) electrons. The molecule has 0 bridgehead atoms. The normalized spacial score (nSPS) is 20.3. The number of ether oxygens (including phenoxy) is 2. The highest BCUT2D eigenvalue weighted by molar-refractivity contribution is 7.99. The highest BCUT2D eigenvalue weighted by Gasteiger charge is 2.41. The van der Waals surface area contributed by atoms with Crippen molar-refractivity contribution in [2.75, 3.05) is 17.7 Å². The molecule has 0 saturated carbocycles. The third-order valence-corrected chi connectivity index (χ3v) is 6.56. The number of thioether (sulfide) groups is 1. The second kappa shape index (κ2) is 10.4. The summed E-state index contributed by atoms with van der Waals surface area (Å²) in [5, 5.41) is 3.29. The summed E-state index contributed by atoms with van der Waals surface area (Å²) in [7, 11) is 0. The average molecular weight is 473 g/mol. The number of amides is 2. The van der Waals surface area contributed by atoms with Gasteiger partial charge in [-0.2, -0.15) is 0 Å². The number of benzene rings is 2. The first-order chi connectivity index (χ1) is 15.5. The summed E-state index contributed by atoms with van der Waals surface area (Å²) in [6, 6.07) is 14.9. The molecule has 7 nitrogen and oxygen atoms in total. The second-order valence-corrected chi connectivity index (χ2v) is 9.18.